The fourth-order valence-electron chi connectivity index (χ4n) is 3.76. The van der Waals surface area contributed by atoms with Gasteiger partial charge in [0.15, 0.2) is 17.3 Å². The smallest absolute Gasteiger partial charge is 0.341 e. The maximum Gasteiger partial charge on any atom is 0.341 e. The molecule has 0 spiro atoms. The molecule has 3 aromatic heterocycles. The van der Waals surface area contributed by atoms with Crippen LogP contribution in [0.5, 0.6) is 0 Å². The second-order valence-electron chi connectivity index (χ2n) is 7.73. The van der Waals surface area contributed by atoms with Crippen molar-refractivity contribution in [3.8, 4) is 5.13 Å². The number of aromatic nitrogens is 4. The number of carboxylic acids is 1. The van der Waals surface area contributed by atoms with Crippen LogP contribution >= 0.6 is 11.5 Å². The molecule has 0 unspecified atom stereocenters. The standard InChI is InChI=1S/C20H19FN6O5S/c21-15-5-13-16(28)14(19(29)30)8-27(20-22-10-23-33-20)17(13)24-18(15)26-6-11(7-26)25-32-9-12-3-1-2-4-31-12/h5,8,10,12H,1-4,6-7,9H2,(H,29,30)/t12-/m0/s1. The topological polar surface area (TPSA) is 132 Å². The number of anilines is 1. The minimum atomic E-state index is -1.42. The first-order chi connectivity index (χ1) is 16.0. The molecule has 1 atom stereocenters. The number of aromatic carboxylic acids is 1. The van der Waals surface area contributed by atoms with Crippen molar-refractivity contribution in [2.24, 2.45) is 5.16 Å². The number of pyridine rings is 2. The lowest BCUT2D eigenvalue weighted by atomic mass is 10.1. The predicted molar refractivity (Wildman–Crippen MR) is 117 cm³/mol. The van der Waals surface area contributed by atoms with Gasteiger partial charge in [0, 0.05) is 24.3 Å². The Morgan fingerprint density at radius 3 is 2.94 bits per heavy atom. The molecule has 2 aliphatic rings. The summed E-state index contributed by atoms with van der Waals surface area (Å²) in [5, 5.41) is 13.6. The summed E-state index contributed by atoms with van der Waals surface area (Å²) in [6.45, 7) is 1.75. The van der Waals surface area contributed by atoms with E-state index < -0.39 is 22.8 Å². The molecule has 13 heteroatoms. The molecule has 1 N–H and O–H groups in total. The van der Waals surface area contributed by atoms with Crippen molar-refractivity contribution in [3.05, 3.63) is 40.2 Å². The Hall–Kier alpha value is -3.45. The Balaban J connectivity index is 1.41. The summed E-state index contributed by atoms with van der Waals surface area (Å²) in [6.07, 6.45) is 5.60. The number of nitrogens with zero attached hydrogens (tertiary/aromatic N) is 6. The average Bonchev–Trinajstić information content (AvgIpc) is 3.31. The van der Waals surface area contributed by atoms with Crippen molar-refractivity contribution in [2.75, 3.05) is 31.2 Å². The van der Waals surface area contributed by atoms with Gasteiger partial charge in [-0.05, 0) is 25.3 Å². The van der Waals surface area contributed by atoms with E-state index >= 15 is 0 Å². The Kier molecular flexibility index (Phi) is 5.72. The minimum absolute atomic E-state index is 0.0257. The van der Waals surface area contributed by atoms with Gasteiger partial charge in [0.2, 0.25) is 10.6 Å². The number of ether oxygens (including phenoxy) is 1. The van der Waals surface area contributed by atoms with Crippen LogP contribution in [0.1, 0.15) is 29.6 Å². The molecular formula is C20H19FN6O5S. The summed E-state index contributed by atoms with van der Waals surface area (Å²) >= 11 is 0.990. The molecule has 0 radical (unpaired) electrons. The Labute approximate surface area is 190 Å². The fourth-order valence-corrected chi connectivity index (χ4v) is 4.27. The molecule has 0 bridgehead atoms. The molecule has 172 valence electrons. The first-order valence-electron chi connectivity index (χ1n) is 10.3. The van der Waals surface area contributed by atoms with Crippen molar-refractivity contribution in [3.63, 3.8) is 0 Å². The largest absolute Gasteiger partial charge is 0.477 e. The first-order valence-corrected chi connectivity index (χ1v) is 11.1. The summed E-state index contributed by atoms with van der Waals surface area (Å²) in [4.78, 5) is 39.6. The molecule has 2 aliphatic heterocycles. The molecule has 2 fully saturated rings. The molecule has 0 amide bonds. The van der Waals surface area contributed by atoms with Gasteiger partial charge in [0.25, 0.3) is 0 Å². The van der Waals surface area contributed by atoms with E-state index in [1.165, 1.54) is 10.9 Å². The van der Waals surface area contributed by atoms with Gasteiger partial charge in [-0.15, -0.1) is 0 Å². The normalized spacial score (nSPS) is 18.3. The molecule has 0 saturated carbocycles. The molecule has 2 saturated heterocycles. The zero-order chi connectivity index (χ0) is 22.9. The highest BCUT2D eigenvalue weighted by atomic mass is 32.1. The average molecular weight is 474 g/mol. The number of carbonyl (C=O) groups is 1. The second-order valence-corrected chi connectivity index (χ2v) is 8.49. The molecule has 5 heterocycles. The van der Waals surface area contributed by atoms with Crippen molar-refractivity contribution >= 4 is 40.1 Å². The van der Waals surface area contributed by atoms with Crippen molar-refractivity contribution in [1.82, 2.24) is 18.9 Å². The molecular weight excluding hydrogens is 455 g/mol. The van der Waals surface area contributed by atoms with Gasteiger partial charge in [0.05, 0.1) is 30.3 Å². The highest BCUT2D eigenvalue weighted by molar-refractivity contribution is 7.08. The van der Waals surface area contributed by atoms with E-state index in [1.54, 1.807) is 4.90 Å². The number of hydrogen-bond donors (Lipinski definition) is 1. The van der Waals surface area contributed by atoms with Gasteiger partial charge in [0.1, 0.15) is 18.5 Å². The van der Waals surface area contributed by atoms with E-state index in [0.717, 1.165) is 55.4 Å². The van der Waals surface area contributed by atoms with Crippen LogP contribution in [-0.4, -0.2) is 68.1 Å². The van der Waals surface area contributed by atoms with Gasteiger partial charge in [-0.3, -0.25) is 9.36 Å². The van der Waals surface area contributed by atoms with Crippen molar-refractivity contribution in [1.29, 1.82) is 0 Å². The number of oxime groups is 1. The monoisotopic (exact) mass is 474 g/mol. The lowest BCUT2D eigenvalue weighted by Gasteiger charge is -2.33. The van der Waals surface area contributed by atoms with Crippen molar-refractivity contribution in [2.45, 2.75) is 25.4 Å². The maximum atomic E-state index is 14.9. The van der Waals surface area contributed by atoms with Crippen LogP contribution < -0.4 is 10.3 Å². The summed E-state index contributed by atoms with van der Waals surface area (Å²) in [6, 6.07) is 1.01. The number of carboxylic acid groups (broad SMARTS) is 1. The maximum absolute atomic E-state index is 14.9. The minimum Gasteiger partial charge on any atom is -0.477 e. The van der Waals surface area contributed by atoms with Crippen LogP contribution in [0.2, 0.25) is 0 Å². The molecule has 33 heavy (non-hydrogen) atoms. The van der Waals surface area contributed by atoms with Crippen LogP contribution in [0.15, 0.2) is 28.5 Å². The lowest BCUT2D eigenvalue weighted by Crippen LogP contribution is -2.48. The summed E-state index contributed by atoms with van der Waals surface area (Å²) < 4.78 is 25.7. The highest BCUT2D eigenvalue weighted by Crippen LogP contribution is 2.26. The molecule has 0 aliphatic carbocycles. The lowest BCUT2D eigenvalue weighted by molar-refractivity contribution is -0.0398. The van der Waals surface area contributed by atoms with E-state index in [1.807, 2.05) is 0 Å². The van der Waals surface area contributed by atoms with Gasteiger partial charge in [-0.25, -0.2) is 19.2 Å². The van der Waals surface area contributed by atoms with E-state index in [4.69, 9.17) is 9.57 Å². The van der Waals surface area contributed by atoms with Gasteiger partial charge < -0.3 is 19.6 Å². The van der Waals surface area contributed by atoms with Gasteiger partial charge >= 0.3 is 5.97 Å². The second kappa shape index (κ2) is 8.83. The quantitative estimate of drug-likeness (QED) is 0.531. The van der Waals surface area contributed by atoms with Crippen LogP contribution in [0.4, 0.5) is 10.2 Å². The third-order valence-corrected chi connectivity index (χ3v) is 6.14. The Morgan fingerprint density at radius 1 is 1.39 bits per heavy atom. The Morgan fingerprint density at radius 2 is 2.24 bits per heavy atom. The number of fused-ring (bicyclic) bond motifs is 1. The number of hydrogen-bond acceptors (Lipinski definition) is 10. The highest BCUT2D eigenvalue weighted by Gasteiger charge is 2.29. The van der Waals surface area contributed by atoms with E-state index in [9.17, 15) is 19.1 Å². The third kappa shape index (κ3) is 4.16. The van der Waals surface area contributed by atoms with Crippen LogP contribution in [0, 0.1) is 5.82 Å². The van der Waals surface area contributed by atoms with E-state index in [2.05, 4.69) is 19.5 Å². The zero-order valence-electron chi connectivity index (χ0n) is 17.3. The summed E-state index contributed by atoms with van der Waals surface area (Å²) in [5.74, 6) is -2.13. The predicted octanol–water partition coefficient (Wildman–Crippen LogP) is 1.84. The number of rotatable bonds is 6. The number of halogens is 1. The summed E-state index contributed by atoms with van der Waals surface area (Å²) in [5.41, 5.74) is -0.506. The van der Waals surface area contributed by atoms with Gasteiger partial charge in [-0.2, -0.15) is 4.37 Å². The van der Waals surface area contributed by atoms with E-state index in [0.29, 0.717) is 24.8 Å². The van der Waals surface area contributed by atoms with Gasteiger partial charge in [-0.1, -0.05) is 5.16 Å². The zero-order valence-corrected chi connectivity index (χ0v) is 18.1. The van der Waals surface area contributed by atoms with E-state index in [-0.39, 0.29) is 23.0 Å². The fraction of sp³-hybridized carbons (Fsp3) is 0.400. The molecule has 0 aromatic carbocycles. The van der Waals surface area contributed by atoms with Crippen molar-refractivity contribution < 1.29 is 23.9 Å². The van der Waals surface area contributed by atoms with Crippen LogP contribution in [0.3, 0.4) is 0 Å². The Bertz CT molecular complexity index is 1280. The van der Waals surface area contributed by atoms with Crippen LogP contribution in [0.25, 0.3) is 16.2 Å². The first kappa shape index (κ1) is 21.4. The molecule has 5 rings (SSSR count). The third-order valence-electron chi connectivity index (χ3n) is 5.47. The summed E-state index contributed by atoms with van der Waals surface area (Å²) in [7, 11) is 0. The molecule has 11 nitrogen and oxygen atoms in total. The SMILES string of the molecule is O=C(O)c1cn(-c2ncns2)c2nc(N3CC(=NOC[C@@H]4CCCCO4)C3)c(F)cc2c1=O. The van der Waals surface area contributed by atoms with Crippen LogP contribution in [-0.2, 0) is 9.57 Å². The molecule has 3 aromatic rings.